The predicted molar refractivity (Wildman–Crippen MR) is 82.7 cm³/mol. The van der Waals surface area contributed by atoms with Crippen molar-refractivity contribution in [1.29, 1.82) is 0 Å². The van der Waals surface area contributed by atoms with Crippen LogP contribution >= 0.6 is 0 Å². The van der Waals surface area contributed by atoms with Crippen molar-refractivity contribution in [3.8, 4) is 22.8 Å². The molecule has 3 aromatic rings. The molecule has 0 fully saturated rings. The van der Waals surface area contributed by atoms with Crippen LogP contribution in [0.4, 0.5) is 5.69 Å². The molecule has 3 rings (SSSR count). The molecule has 0 aliphatic rings. The molecule has 1 aromatic heterocycles. The highest BCUT2D eigenvalue weighted by atomic mass is 32.2. The number of sulfone groups is 1. The second kappa shape index (κ2) is 5.27. The molecule has 0 aliphatic carbocycles. The number of rotatable bonds is 3. The summed E-state index contributed by atoms with van der Waals surface area (Å²) in [5, 5.41) is 3.91. The standard InChI is InChI=1S/C15H13N3O3S/c1-22(19,20)13-8-4-10(5-9-13)14-17-15(21-18-14)11-2-6-12(16)7-3-11/h2-9H,16H2,1H3. The zero-order valence-electron chi connectivity index (χ0n) is 11.7. The highest BCUT2D eigenvalue weighted by molar-refractivity contribution is 7.90. The molecule has 0 radical (unpaired) electrons. The van der Waals surface area contributed by atoms with Crippen molar-refractivity contribution in [2.24, 2.45) is 0 Å². The number of hydrogen-bond acceptors (Lipinski definition) is 6. The summed E-state index contributed by atoms with van der Waals surface area (Å²) in [4.78, 5) is 4.55. The number of aromatic nitrogens is 2. The van der Waals surface area contributed by atoms with Crippen LogP contribution in [-0.2, 0) is 9.84 Å². The molecule has 0 aliphatic heterocycles. The summed E-state index contributed by atoms with van der Waals surface area (Å²) in [6.45, 7) is 0. The van der Waals surface area contributed by atoms with Crippen molar-refractivity contribution in [2.45, 2.75) is 4.90 Å². The third-order valence-electron chi connectivity index (χ3n) is 3.12. The Bertz CT molecular complexity index is 898. The highest BCUT2D eigenvalue weighted by Crippen LogP contribution is 2.23. The van der Waals surface area contributed by atoms with Crippen LogP contribution in [0.1, 0.15) is 0 Å². The molecule has 7 heteroatoms. The lowest BCUT2D eigenvalue weighted by Crippen LogP contribution is -1.96. The molecule has 0 saturated carbocycles. The normalized spacial score (nSPS) is 11.5. The lowest BCUT2D eigenvalue weighted by atomic mass is 10.2. The first-order chi connectivity index (χ1) is 10.4. The van der Waals surface area contributed by atoms with Crippen LogP contribution in [0.25, 0.3) is 22.8 Å². The zero-order chi connectivity index (χ0) is 15.7. The van der Waals surface area contributed by atoms with Gasteiger partial charge in [0.05, 0.1) is 4.90 Å². The molecule has 0 atom stereocenters. The van der Waals surface area contributed by atoms with Gasteiger partial charge in [-0.15, -0.1) is 0 Å². The van der Waals surface area contributed by atoms with E-state index in [4.69, 9.17) is 10.3 Å². The monoisotopic (exact) mass is 315 g/mol. The summed E-state index contributed by atoms with van der Waals surface area (Å²) < 4.78 is 28.1. The van der Waals surface area contributed by atoms with E-state index in [0.29, 0.717) is 23.0 Å². The second-order valence-corrected chi connectivity index (χ2v) is 6.86. The second-order valence-electron chi connectivity index (χ2n) is 4.84. The van der Waals surface area contributed by atoms with Crippen LogP contribution in [-0.4, -0.2) is 24.8 Å². The van der Waals surface area contributed by atoms with Gasteiger partial charge in [0.2, 0.25) is 5.82 Å². The maximum atomic E-state index is 11.4. The summed E-state index contributed by atoms with van der Waals surface area (Å²) in [7, 11) is -3.22. The largest absolute Gasteiger partial charge is 0.399 e. The Morgan fingerprint density at radius 1 is 0.955 bits per heavy atom. The van der Waals surface area contributed by atoms with E-state index in [9.17, 15) is 8.42 Å². The Kier molecular flexibility index (Phi) is 3.42. The van der Waals surface area contributed by atoms with Gasteiger partial charge < -0.3 is 10.3 Å². The molecule has 0 amide bonds. The van der Waals surface area contributed by atoms with Crippen LogP contribution < -0.4 is 5.73 Å². The minimum atomic E-state index is -3.22. The summed E-state index contributed by atoms with van der Waals surface area (Å²) in [6.07, 6.45) is 1.16. The molecular weight excluding hydrogens is 302 g/mol. The summed E-state index contributed by atoms with van der Waals surface area (Å²) in [5.74, 6) is 0.772. The summed E-state index contributed by atoms with van der Waals surface area (Å²) >= 11 is 0. The number of hydrogen-bond donors (Lipinski definition) is 1. The van der Waals surface area contributed by atoms with E-state index >= 15 is 0 Å². The number of nitrogen functional groups attached to an aromatic ring is 1. The molecule has 0 unspecified atom stereocenters. The van der Waals surface area contributed by atoms with E-state index in [-0.39, 0.29) is 4.90 Å². The van der Waals surface area contributed by atoms with E-state index in [1.165, 1.54) is 12.1 Å². The SMILES string of the molecule is CS(=O)(=O)c1ccc(-c2noc(-c3ccc(N)cc3)n2)cc1. The van der Waals surface area contributed by atoms with Gasteiger partial charge in [-0.1, -0.05) is 5.16 Å². The Labute approximate surface area is 127 Å². The summed E-state index contributed by atoms with van der Waals surface area (Å²) in [6, 6.07) is 13.4. The molecule has 1 heterocycles. The van der Waals surface area contributed by atoms with Gasteiger partial charge in [-0.25, -0.2) is 8.42 Å². The lowest BCUT2D eigenvalue weighted by Gasteiger charge is -1.98. The smallest absolute Gasteiger partial charge is 0.258 e. The molecular formula is C15H13N3O3S. The minimum absolute atomic E-state index is 0.249. The van der Waals surface area contributed by atoms with Crippen molar-refractivity contribution in [2.75, 3.05) is 12.0 Å². The Morgan fingerprint density at radius 2 is 1.55 bits per heavy atom. The Hall–Kier alpha value is -2.67. The molecule has 6 nitrogen and oxygen atoms in total. The fraction of sp³-hybridized carbons (Fsp3) is 0.0667. The van der Waals surface area contributed by atoms with Crippen LogP contribution in [0.3, 0.4) is 0 Å². The molecule has 0 saturated heterocycles. The van der Waals surface area contributed by atoms with Gasteiger partial charge in [0, 0.05) is 23.1 Å². The van der Waals surface area contributed by atoms with Crippen LogP contribution in [0.2, 0.25) is 0 Å². The van der Waals surface area contributed by atoms with Crippen LogP contribution in [0, 0.1) is 0 Å². The first kappa shape index (κ1) is 14.3. The van der Waals surface area contributed by atoms with Gasteiger partial charge in [0.1, 0.15) is 0 Å². The maximum Gasteiger partial charge on any atom is 0.258 e. The molecule has 2 N–H and O–H groups in total. The lowest BCUT2D eigenvalue weighted by molar-refractivity contribution is 0.432. The van der Waals surface area contributed by atoms with Crippen molar-refractivity contribution in [3.63, 3.8) is 0 Å². The first-order valence-corrected chi connectivity index (χ1v) is 8.33. The molecule has 0 spiro atoms. The van der Waals surface area contributed by atoms with Crippen molar-refractivity contribution in [3.05, 3.63) is 48.5 Å². The molecule has 112 valence electrons. The molecule has 0 bridgehead atoms. The first-order valence-electron chi connectivity index (χ1n) is 6.43. The van der Waals surface area contributed by atoms with Crippen LogP contribution in [0.15, 0.2) is 57.9 Å². The number of anilines is 1. The average molecular weight is 315 g/mol. The fourth-order valence-corrected chi connectivity index (χ4v) is 2.57. The maximum absolute atomic E-state index is 11.4. The van der Waals surface area contributed by atoms with Gasteiger partial charge in [0.15, 0.2) is 9.84 Å². The highest BCUT2D eigenvalue weighted by Gasteiger charge is 2.12. The number of benzene rings is 2. The minimum Gasteiger partial charge on any atom is -0.399 e. The zero-order valence-corrected chi connectivity index (χ0v) is 12.5. The van der Waals surface area contributed by atoms with Crippen molar-refractivity contribution < 1.29 is 12.9 Å². The van der Waals surface area contributed by atoms with Crippen LogP contribution in [0.5, 0.6) is 0 Å². The number of nitrogens with two attached hydrogens (primary N) is 1. The predicted octanol–water partition coefficient (Wildman–Crippen LogP) is 2.39. The van der Waals surface area contributed by atoms with Gasteiger partial charge >= 0.3 is 0 Å². The Morgan fingerprint density at radius 3 is 2.14 bits per heavy atom. The van der Waals surface area contributed by atoms with E-state index in [1.807, 2.05) is 0 Å². The summed E-state index contributed by atoms with van der Waals surface area (Å²) in [5.41, 5.74) is 7.73. The average Bonchev–Trinajstić information content (AvgIpc) is 2.97. The topological polar surface area (TPSA) is 99.1 Å². The third kappa shape index (κ3) is 2.84. The van der Waals surface area contributed by atoms with E-state index in [1.54, 1.807) is 36.4 Å². The van der Waals surface area contributed by atoms with E-state index < -0.39 is 9.84 Å². The molecule has 2 aromatic carbocycles. The number of nitrogens with zero attached hydrogens (tertiary/aromatic N) is 2. The van der Waals surface area contributed by atoms with E-state index in [0.717, 1.165) is 11.8 Å². The van der Waals surface area contributed by atoms with Gasteiger partial charge in [-0.3, -0.25) is 0 Å². The quantitative estimate of drug-likeness (QED) is 0.745. The van der Waals surface area contributed by atoms with Gasteiger partial charge in [-0.05, 0) is 48.5 Å². The molecule has 22 heavy (non-hydrogen) atoms. The van der Waals surface area contributed by atoms with Crippen molar-refractivity contribution in [1.82, 2.24) is 10.1 Å². The van der Waals surface area contributed by atoms with Gasteiger partial charge in [0.25, 0.3) is 5.89 Å². The fourth-order valence-electron chi connectivity index (χ4n) is 1.93. The Balaban J connectivity index is 1.92. The van der Waals surface area contributed by atoms with E-state index in [2.05, 4.69) is 10.1 Å². The third-order valence-corrected chi connectivity index (χ3v) is 4.25. The van der Waals surface area contributed by atoms with Gasteiger partial charge in [-0.2, -0.15) is 4.98 Å². The van der Waals surface area contributed by atoms with Crippen molar-refractivity contribution >= 4 is 15.5 Å².